The van der Waals surface area contributed by atoms with Crippen LogP contribution < -0.4 is 4.90 Å². The zero-order valence-electron chi connectivity index (χ0n) is 11.1. The zero-order chi connectivity index (χ0) is 14.0. The second-order valence-electron chi connectivity index (χ2n) is 5.46. The van der Waals surface area contributed by atoms with Crippen LogP contribution in [0.25, 0.3) is 0 Å². The SMILES string of the molecule is CN1C(=O)[C@@]2(C=C[C@]3(CCCO3)O2)c2cc(F)ccc21. The highest BCUT2D eigenvalue weighted by molar-refractivity contribution is 6.08. The van der Waals surface area contributed by atoms with Crippen molar-refractivity contribution in [1.29, 1.82) is 0 Å². The zero-order valence-corrected chi connectivity index (χ0v) is 11.1. The van der Waals surface area contributed by atoms with Gasteiger partial charge in [-0.15, -0.1) is 0 Å². The van der Waals surface area contributed by atoms with Crippen molar-refractivity contribution in [1.82, 2.24) is 0 Å². The monoisotopic (exact) mass is 275 g/mol. The minimum atomic E-state index is -1.24. The van der Waals surface area contributed by atoms with Crippen molar-refractivity contribution in [2.45, 2.75) is 24.2 Å². The van der Waals surface area contributed by atoms with Gasteiger partial charge in [0.2, 0.25) is 0 Å². The molecule has 3 aliphatic heterocycles. The van der Waals surface area contributed by atoms with E-state index in [4.69, 9.17) is 9.47 Å². The van der Waals surface area contributed by atoms with E-state index in [0.29, 0.717) is 24.3 Å². The maximum Gasteiger partial charge on any atom is 0.267 e. The molecular weight excluding hydrogens is 261 g/mol. The molecule has 1 fully saturated rings. The Labute approximate surface area is 115 Å². The average Bonchev–Trinajstić information content (AvgIpc) is 3.10. The van der Waals surface area contributed by atoms with E-state index in [1.54, 1.807) is 25.3 Å². The summed E-state index contributed by atoms with van der Waals surface area (Å²) in [5.74, 6) is -1.41. The van der Waals surface area contributed by atoms with Crippen LogP contribution in [0, 0.1) is 5.82 Å². The van der Waals surface area contributed by atoms with Gasteiger partial charge in [0.1, 0.15) is 5.82 Å². The molecule has 0 radical (unpaired) electrons. The number of amides is 1. The Morgan fingerprint density at radius 3 is 2.95 bits per heavy atom. The van der Waals surface area contributed by atoms with E-state index in [-0.39, 0.29) is 11.7 Å². The lowest BCUT2D eigenvalue weighted by molar-refractivity contribution is -0.213. The number of ether oxygens (including phenoxy) is 2. The Balaban J connectivity index is 1.86. The number of halogens is 1. The molecular formula is C15H14FNO3. The van der Waals surface area contributed by atoms with Crippen LogP contribution in [0.3, 0.4) is 0 Å². The minimum Gasteiger partial charge on any atom is -0.346 e. The molecule has 104 valence electrons. The summed E-state index contributed by atoms with van der Waals surface area (Å²) in [6.07, 6.45) is 5.11. The summed E-state index contributed by atoms with van der Waals surface area (Å²) in [6.45, 7) is 0.612. The molecule has 1 saturated heterocycles. The van der Waals surface area contributed by atoms with Gasteiger partial charge in [-0.2, -0.15) is 0 Å². The molecule has 0 aromatic heterocycles. The maximum absolute atomic E-state index is 13.6. The number of likely N-dealkylation sites (N-methyl/N-ethyl adjacent to an activating group) is 1. The van der Waals surface area contributed by atoms with Crippen molar-refractivity contribution in [3.63, 3.8) is 0 Å². The second kappa shape index (κ2) is 3.68. The van der Waals surface area contributed by atoms with E-state index in [9.17, 15) is 9.18 Å². The lowest BCUT2D eigenvalue weighted by Crippen LogP contribution is -2.42. The van der Waals surface area contributed by atoms with Crippen LogP contribution in [0.2, 0.25) is 0 Å². The molecule has 4 nitrogen and oxygen atoms in total. The van der Waals surface area contributed by atoms with Crippen LogP contribution in [0.5, 0.6) is 0 Å². The number of hydrogen-bond acceptors (Lipinski definition) is 3. The summed E-state index contributed by atoms with van der Waals surface area (Å²) in [7, 11) is 1.67. The molecule has 2 spiro atoms. The van der Waals surface area contributed by atoms with Gasteiger partial charge in [0.05, 0.1) is 12.3 Å². The molecule has 1 aromatic carbocycles. The predicted octanol–water partition coefficient (Wildman–Crippen LogP) is 2.09. The standard InChI is InChI=1S/C15H14FNO3/c1-17-12-4-3-10(16)9-11(12)15(13(17)18)7-6-14(20-15)5-2-8-19-14/h3-4,6-7,9H,2,5,8H2,1H3/t14-,15+/m0/s1. The number of nitrogens with zero attached hydrogens (tertiary/aromatic N) is 1. The van der Waals surface area contributed by atoms with Gasteiger partial charge in [-0.1, -0.05) is 0 Å². The summed E-state index contributed by atoms with van der Waals surface area (Å²) in [4.78, 5) is 14.1. The van der Waals surface area contributed by atoms with Crippen LogP contribution in [-0.2, 0) is 19.9 Å². The highest BCUT2D eigenvalue weighted by atomic mass is 19.1. The van der Waals surface area contributed by atoms with Crippen LogP contribution in [0.15, 0.2) is 30.4 Å². The molecule has 2 atom stereocenters. The molecule has 0 N–H and O–H groups in total. The highest BCUT2D eigenvalue weighted by Crippen LogP contribution is 2.51. The summed E-state index contributed by atoms with van der Waals surface area (Å²) in [5, 5.41) is 0. The third-order valence-electron chi connectivity index (χ3n) is 4.26. The van der Waals surface area contributed by atoms with Gasteiger partial charge in [-0.25, -0.2) is 4.39 Å². The first-order valence-corrected chi connectivity index (χ1v) is 6.69. The number of carbonyl (C=O) groups excluding carboxylic acids is 1. The molecule has 20 heavy (non-hydrogen) atoms. The fraction of sp³-hybridized carbons (Fsp3) is 0.400. The first kappa shape index (κ1) is 12.1. The van der Waals surface area contributed by atoms with E-state index in [1.165, 1.54) is 17.0 Å². The molecule has 0 aliphatic carbocycles. The van der Waals surface area contributed by atoms with E-state index < -0.39 is 11.4 Å². The molecule has 0 bridgehead atoms. The van der Waals surface area contributed by atoms with Gasteiger partial charge in [0.15, 0.2) is 11.4 Å². The summed E-state index contributed by atoms with van der Waals surface area (Å²) < 4.78 is 25.3. The Hall–Kier alpha value is -1.72. The van der Waals surface area contributed by atoms with E-state index >= 15 is 0 Å². The number of hydrogen-bond donors (Lipinski definition) is 0. The lowest BCUT2D eigenvalue weighted by Gasteiger charge is -2.28. The molecule has 0 unspecified atom stereocenters. The summed E-state index contributed by atoms with van der Waals surface area (Å²) in [6, 6.07) is 4.33. The summed E-state index contributed by atoms with van der Waals surface area (Å²) >= 11 is 0. The van der Waals surface area contributed by atoms with Crippen molar-refractivity contribution in [3.8, 4) is 0 Å². The number of carbonyl (C=O) groups is 1. The molecule has 4 rings (SSSR count). The Kier molecular flexibility index (Phi) is 2.22. The van der Waals surface area contributed by atoms with E-state index in [1.807, 2.05) is 0 Å². The van der Waals surface area contributed by atoms with Crippen molar-refractivity contribution >= 4 is 11.6 Å². The second-order valence-corrected chi connectivity index (χ2v) is 5.46. The molecule has 3 heterocycles. The fourth-order valence-corrected chi connectivity index (χ4v) is 3.26. The van der Waals surface area contributed by atoms with E-state index in [0.717, 1.165) is 6.42 Å². The highest BCUT2D eigenvalue weighted by Gasteiger charge is 2.58. The Bertz CT molecular complexity index is 636. The number of fused-ring (bicyclic) bond motifs is 2. The lowest BCUT2D eigenvalue weighted by atomic mass is 9.96. The van der Waals surface area contributed by atoms with Gasteiger partial charge >= 0.3 is 0 Å². The number of benzene rings is 1. The van der Waals surface area contributed by atoms with Crippen molar-refractivity contribution in [2.75, 3.05) is 18.6 Å². The minimum absolute atomic E-state index is 0.207. The number of rotatable bonds is 0. The molecule has 5 heteroatoms. The van der Waals surface area contributed by atoms with Crippen LogP contribution in [0.1, 0.15) is 18.4 Å². The van der Waals surface area contributed by atoms with Gasteiger partial charge in [0.25, 0.3) is 5.91 Å². The normalized spacial score (nSPS) is 34.7. The largest absolute Gasteiger partial charge is 0.346 e. The first-order valence-electron chi connectivity index (χ1n) is 6.69. The van der Waals surface area contributed by atoms with Gasteiger partial charge in [0, 0.05) is 19.0 Å². The molecule has 0 saturated carbocycles. The van der Waals surface area contributed by atoms with Crippen LogP contribution in [-0.4, -0.2) is 25.3 Å². The van der Waals surface area contributed by atoms with E-state index in [2.05, 4.69) is 0 Å². The van der Waals surface area contributed by atoms with Gasteiger partial charge in [-0.05, 0) is 36.8 Å². The Morgan fingerprint density at radius 2 is 2.20 bits per heavy atom. The molecule has 1 amide bonds. The van der Waals surface area contributed by atoms with Crippen molar-refractivity contribution in [3.05, 3.63) is 41.7 Å². The van der Waals surface area contributed by atoms with Crippen LogP contribution >= 0.6 is 0 Å². The third kappa shape index (κ3) is 1.34. The van der Waals surface area contributed by atoms with Crippen molar-refractivity contribution < 1.29 is 18.7 Å². The van der Waals surface area contributed by atoms with Crippen molar-refractivity contribution in [2.24, 2.45) is 0 Å². The summed E-state index contributed by atoms with van der Waals surface area (Å²) in [5.41, 5.74) is -0.0130. The smallest absolute Gasteiger partial charge is 0.267 e. The fourth-order valence-electron chi connectivity index (χ4n) is 3.26. The quantitative estimate of drug-likeness (QED) is 0.681. The maximum atomic E-state index is 13.6. The molecule has 1 aromatic rings. The topological polar surface area (TPSA) is 38.8 Å². The third-order valence-corrected chi connectivity index (χ3v) is 4.26. The van der Waals surface area contributed by atoms with Crippen LogP contribution in [0.4, 0.5) is 10.1 Å². The number of anilines is 1. The predicted molar refractivity (Wildman–Crippen MR) is 69.6 cm³/mol. The first-order chi connectivity index (χ1) is 9.56. The molecule has 3 aliphatic rings. The van der Waals surface area contributed by atoms with Gasteiger partial charge in [-0.3, -0.25) is 4.79 Å². The Morgan fingerprint density at radius 1 is 1.35 bits per heavy atom. The van der Waals surface area contributed by atoms with Gasteiger partial charge < -0.3 is 14.4 Å². The average molecular weight is 275 g/mol.